The van der Waals surface area contributed by atoms with Gasteiger partial charge in [0.25, 0.3) is 0 Å². The van der Waals surface area contributed by atoms with E-state index in [4.69, 9.17) is 4.74 Å². The molecular weight excluding hydrogens is 246 g/mol. The highest BCUT2D eigenvalue weighted by molar-refractivity contribution is 5.32. The topological polar surface area (TPSA) is 21.3 Å². The molecule has 2 nitrogen and oxygen atoms in total. The lowest BCUT2D eigenvalue weighted by Crippen LogP contribution is -2.36. The molecule has 0 aromatic heterocycles. The Bertz CT molecular complexity index is 445. The van der Waals surface area contributed by atoms with Crippen molar-refractivity contribution >= 4 is 0 Å². The van der Waals surface area contributed by atoms with Crippen LogP contribution in [-0.2, 0) is 11.2 Å². The zero-order valence-corrected chi connectivity index (χ0v) is 12.8. The quantitative estimate of drug-likeness (QED) is 0.906. The molecule has 1 aromatic rings. The average molecular weight is 273 g/mol. The molecule has 1 aliphatic carbocycles. The van der Waals surface area contributed by atoms with Gasteiger partial charge in [0.2, 0.25) is 0 Å². The van der Waals surface area contributed by atoms with Gasteiger partial charge in [-0.1, -0.05) is 24.3 Å². The van der Waals surface area contributed by atoms with Gasteiger partial charge in [0.1, 0.15) is 0 Å². The number of rotatable bonds is 4. The van der Waals surface area contributed by atoms with E-state index in [9.17, 15) is 0 Å². The van der Waals surface area contributed by atoms with Crippen LogP contribution in [0.1, 0.15) is 49.7 Å². The van der Waals surface area contributed by atoms with E-state index >= 15 is 0 Å². The highest BCUT2D eigenvalue weighted by Crippen LogP contribution is 2.37. The predicted molar refractivity (Wildman–Crippen MR) is 83.1 cm³/mol. The van der Waals surface area contributed by atoms with Crippen molar-refractivity contribution in [1.29, 1.82) is 0 Å². The second-order valence-corrected chi connectivity index (χ2v) is 6.56. The van der Waals surface area contributed by atoms with E-state index in [-0.39, 0.29) is 0 Å². The van der Waals surface area contributed by atoms with E-state index in [0.29, 0.717) is 18.1 Å². The maximum atomic E-state index is 5.77. The van der Waals surface area contributed by atoms with Gasteiger partial charge >= 0.3 is 0 Å². The monoisotopic (exact) mass is 273 g/mol. The first-order valence-electron chi connectivity index (χ1n) is 8.14. The van der Waals surface area contributed by atoms with Crippen molar-refractivity contribution in [3.8, 4) is 0 Å². The first-order valence-corrected chi connectivity index (χ1v) is 8.14. The Morgan fingerprint density at radius 2 is 2.20 bits per heavy atom. The zero-order chi connectivity index (χ0) is 13.9. The molecule has 4 atom stereocenters. The number of benzene rings is 1. The molecule has 20 heavy (non-hydrogen) atoms. The first kappa shape index (κ1) is 14.1. The van der Waals surface area contributed by atoms with E-state index in [1.807, 2.05) is 0 Å². The number of ether oxygens (including phenoxy) is 1. The third-order valence-corrected chi connectivity index (χ3v) is 5.20. The smallest absolute Gasteiger partial charge is 0.0551 e. The summed E-state index contributed by atoms with van der Waals surface area (Å²) in [6.07, 6.45) is 6.86. The van der Waals surface area contributed by atoms with Crippen LogP contribution in [0, 0.1) is 5.92 Å². The number of hydrogen-bond donors (Lipinski definition) is 1. The number of nitrogens with one attached hydrogen (secondary N) is 1. The van der Waals surface area contributed by atoms with E-state index < -0.39 is 0 Å². The molecule has 0 amide bonds. The van der Waals surface area contributed by atoms with Gasteiger partial charge in [-0.15, -0.1) is 0 Å². The van der Waals surface area contributed by atoms with Crippen LogP contribution in [-0.4, -0.2) is 25.8 Å². The van der Waals surface area contributed by atoms with E-state index in [0.717, 1.165) is 12.5 Å². The van der Waals surface area contributed by atoms with Gasteiger partial charge in [-0.05, 0) is 63.1 Å². The molecule has 1 aromatic carbocycles. The van der Waals surface area contributed by atoms with Crippen LogP contribution in [0.15, 0.2) is 24.3 Å². The Kier molecular flexibility index (Phi) is 4.42. The molecule has 0 radical (unpaired) electrons. The van der Waals surface area contributed by atoms with Gasteiger partial charge in [-0.2, -0.15) is 0 Å². The second-order valence-electron chi connectivity index (χ2n) is 6.56. The molecule has 3 rings (SSSR count). The summed E-state index contributed by atoms with van der Waals surface area (Å²) >= 11 is 0. The molecule has 4 unspecified atom stereocenters. The lowest BCUT2D eigenvalue weighted by atomic mass is 9.77. The van der Waals surface area contributed by atoms with Gasteiger partial charge in [-0.3, -0.25) is 0 Å². The van der Waals surface area contributed by atoms with Crippen molar-refractivity contribution < 1.29 is 4.74 Å². The van der Waals surface area contributed by atoms with Gasteiger partial charge in [0.15, 0.2) is 0 Å². The maximum absolute atomic E-state index is 5.77. The average Bonchev–Trinajstić information content (AvgIpc) is 2.91. The summed E-state index contributed by atoms with van der Waals surface area (Å²) in [6.45, 7) is 3.13. The van der Waals surface area contributed by atoms with Crippen LogP contribution < -0.4 is 5.32 Å². The van der Waals surface area contributed by atoms with Crippen LogP contribution in [0.25, 0.3) is 0 Å². The summed E-state index contributed by atoms with van der Waals surface area (Å²) in [5.41, 5.74) is 3.18. The van der Waals surface area contributed by atoms with Crippen molar-refractivity contribution in [2.24, 2.45) is 5.92 Å². The largest absolute Gasteiger partial charge is 0.378 e. The van der Waals surface area contributed by atoms with Crippen LogP contribution in [0.2, 0.25) is 0 Å². The third-order valence-electron chi connectivity index (χ3n) is 5.20. The number of fused-ring (bicyclic) bond motifs is 1. The Balaban J connectivity index is 1.70. The van der Waals surface area contributed by atoms with Crippen LogP contribution >= 0.6 is 0 Å². The van der Waals surface area contributed by atoms with Crippen molar-refractivity contribution in [1.82, 2.24) is 5.32 Å². The third kappa shape index (κ3) is 2.91. The Labute approximate surface area is 122 Å². The zero-order valence-electron chi connectivity index (χ0n) is 12.8. The van der Waals surface area contributed by atoms with Crippen molar-refractivity contribution in [2.45, 2.75) is 57.1 Å². The van der Waals surface area contributed by atoms with Crippen molar-refractivity contribution in [3.05, 3.63) is 35.4 Å². The summed E-state index contributed by atoms with van der Waals surface area (Å²) in [4.78, 5) is 0. The minimum absolute atomic E-state index is 0.439. The van der Waals surface area contributed by atoms with Crippen molar-refractivity contribution in [2.75, 3.05) is 13.7 Å². The summed E-state index contributed by atoms with van der Waals surface area (Å²) in [5, 5.41) is 3.56. The fraction of sp³-hybridized carbons (Fsp3) is 0.667. The number of hydrogen-bond acceptors (Lipinski definition) is 2. The first-order chi connectivity index (χ1) is 9.78. The molecule has 2 heteroatoms. The maximum Gasteiger partial charge on any atom is 0.0551 e. The Hall–Kier alpha value is -0.860. The standard InChI is InChI=1S/C18H27NO/c1-13-10-16(12-20-13)18(19-2)11-15-8-5-7-14-6-3-4-9-17(14)15/h3-4,6,9,13,15-16,18-19H,5,7-8,10-12H2,1-2H3. The van der Waals surface area contributed by atoms with E-state index in [1.165, 1.54) is 32.1 Å². The fourth-order valence-electron chi connectivity index (χ4n) is 4.08. The normalized spacial score (nSPS) is 31.0. The molecule has 0 bridgehead atoms. The van der Waals surface area contributed by atoms with Crippen LogP contribution in [0.5, 0.6) is 0 Å². The molecule has 0 saturated carbocycles. The molecule has 110 valence electrons. The Morgan fingerprint density at radius 1 is 1.35 bits per heavy atom. The van der Waals surface area contributed by atoms with E-state index in [1.54, 1.807) is 11.1 Å². The van der Waals surface area contributed by atoms with Gasteiger partial charge in [0, 0.05) is 12.0 Å². The summed E-state index contributed by atoms with van der Waals surface area (Å²) in [6, 6.07) is 9.64. The fourth-order valence-corrected chi connectivity index (χ4v) is 4.08. The minimum Gasteiger partial charge on any atom is -0.378 e. The molecule has 0 spiro atoms. The summed E-state index contributed by atoms with van der Waals surface area (Å²) in [7, 11) is 2.11. The van der Waals surface area contributed by atoms with Crippen LogP contribution in [0.3, 0.4) is 0 Å². The van der Waals surface area contributed by atoms with Gasteiger partial charge < -0.3 is 10.1 Å². The second kappa shape index (κ2) is 6.28. The number of aryl methyl sites for hydroxylation is 1. The molecule has 1 fully saturated rings. The van der Waals surface area contributed by atoms with E-state index in [2.05, 4.69) is 43.6 Å². The molecule has 1 aliphatic heterocycles. The minimum atomic E-state index is 0.439. The summed E-state index contributed by atoms with van der Waals surface area (Å²) in [5.74, 6) is 1.41. The SMILES string of the molecule is CNC(CC1CCCc2ccccc21)C1COC(C)C1. The molecular formula is C18H27NO. The highest BCUT2D eigenvalue weighted by Gasteiger charge is 2.31. The molecule has 2 aliphatic rings. The lowest BCUT2D eigenvalue weighted by Gasteiger charge is -2.31. The van der Waals surface area contributed by atoms with Crippen LogP contribution in [0.4, 0.5) is 0 Å². The van der Waals surface area contributed by atoms with Gasteiger partial charge in [0.05, 0.1) is 12.7 Å². The predicted octanol–water partition coefficient (Wildman–Crippen LogP) is 3.51. The highest BCUT2D eigenvalue weighted by atomic mass is 16.5. The molecule has 1 saturated heterocycles. The lowest BCUT2D eigenvalue weighted by molar-refractivity contribution is 0.116. The molecule has 1 heterocycles. The Morgan fingerprint density at radius 3 is 2.95 bits per heavy atom. The molecule has 1 N–H and O–H groups in total. The van der Waals surface area contributed by atoms with Gasteiger partial charge in [-0.25, -0.2) is 0 Å². The summed E-state index contributed by atoms with van der Waals surface area (Å²) < 4.78 is 5.77. The van der Waals surface area contributed by atoms with Crippen molar-refractivity contribution in [3.63, 3.8) is 0 Å².